The van der Waals surface area contributed by atoms with E-state index in [0.29, 0.717) is 18.1 Å². The van der Waals surface area contributed by atoms with E-state index in [4.69, 9.17) is 10.9 Å². The van der Waals surface area contributed by atoms with E-state index in [9.17, 15) is 4.79 Å². The van der Waals surface area contributed by atoms with Crippen molar-refractivity contribution in [1.82, 2.24) is 5.32 Å². The van der Waals surface area contributed by atoms with E-state index in [1.807, 2.05) is 25.6 Å². The lowest BCUT2D eigenvalue weighted by molar-refractivity contribution is -0.128. The fraction of sp³-hybridized carbons (Fsp3) is 0.857. The van der Waals surface area contributed by atoms with Gasteiger partial charge in [0.1, 0.15) is 5.41 Å². The molecule has 20 heavy (non-hydrogen) atoms. The van der Waals surface area contributed by atoms with Crippen LogP contribution in [0.15, 0.2) is 5.16 Å². The molecule has 1 amide bonds. The van der Waals surface area contributed by atoms with Crippen molar-refractivity contribution in [3.05, 3.63) is 0 Å². The Hall–Kier alpha value is -0.910. The maximum absolute atomic E-state index is 12.7. The van der Waals surface area contributed by atoms with Gasteiger partial charge in [-0.3, -0.25) is 4.79 Å². The summed E-state index contributed by atoms with van der Waals surface area (Å²) in [4.78, 5) is 12.7. The van der Waals surface area contributed by atoms with Gasteiger partial charge in [-0.15, -0.1) is 0 Å². The molecule has 6 heteroatoms. The second kappa shape index (κ2) is 7.76. The van der Waals surface area contributed by atoms with Gasteiger partial charge in [-0.2, -0.15) is 11.8 Å². The maximum atomic E-state index is 12.7. The number of carbonyl (C=O) groups is 1. The number of nitrogens with two attached hydrogens (primary N) is 1. The van der Waals surface area contributed by atoms with E-state index < -0.39 is 5.41 Å². The zero-order chi connectivity index (χ0) is 15.2. The third-order valence-corrected chi connectivity index (χ3v) is 5.73. The van der Waals surface area contributed by atoms with E-state index in [0.717, 1.165) is 19.3 Å². The molecule has 1 rings (SSSR count). The van der Waals surface area contributed by atoms with Gasteiger partial charge in [0.05, 0.1) is 0 Å². The number of oxime groups is 1. The number of thioether (sulfide) groups is 1. The minimum absolute atomic E-state index is 0.0107. The molecular weight excluding hydrogens is 274 g/mol. The highest BCUT2D eigenvalue weighted by Gasteiger charge is 2.41. The first-order valence-corrected chi connectivity index (χ1v) is 8.66. The number of hydrogen-bond donors (Lipinski definition) is 3. The zero-order valence-electron chi connectivity index (χ0n) is 12.7. The number of nitrogens with one attached hydrogen (secondary N) is 1. The monoisotopic (exact) mass is 301 g/mol. The van der Waals surface area contributed by atoms with E-state index in [1.165, 1.54) is 6.42 Å². The van der Waals surface area contributed by atoms with E-state index in [1.54, 1.807) is 0 Å². The predicted molar refractivity (Wildman–Crippen MR) is 84.1 cm³/mol. The van der Waals surface area contributed by atoms with Crippen molar-refractivity contribution in [2.75, 3.05) is 6.26 Å². The van der Waals surface area contributed by atoms with Gasteiger partial charge >= 0.3 is 0 Å². The van der Waals surface area contributed by atoms with E-state index >= 15 is 0 Å². The van der Waals surface area contributed by atoms with Crippen molar-refractivity contribution in [1.29, 1.82) is 0 Å². The van der Waals surface area contributed by atoms with Gasteiger partial charge in [-0.25, -0.2) is 0 Å². The molecule has 1 aliphatic rings. The normalized spacial score (nSPS) is 24.4. The average Bonchev–Trinajstić information content (AvgIpc) is 2.49. The van der Waals surface area contributed by atoms with Gasteiger partial charge in [0.25, 0.3) is 0 Å². The number of rotatable bonds is 6. The maximum Gasteiger partial charge on any atom is 0.234 e. The van der Waals surface area contributed by atoms with Crippen molar-refractivity contribution < 1.29 is 10.0 Å². The number of carbonyl (C=O) groups excluding carboxylic acids is 1. The minimum Gasteiger partial charge on any atom is -0.409 e. The quantitative estimate of drug-likeness (QED) is 0.304. The highest BCUT2D eigenvalue weighted by Crippen LogP contribution is 2.31. The summed E-state index contributed by atoms with van der Waals surface area (Å²) in [5.41, 5.74) is 4.89. The van der Waals surface area contributed by atoms with E-state index in [2.05, 4.69) is 16.7 Å². The van der Waals surface area contributed by atoms with Crippen molar-refractivity contribution in [2.24, 2.45) is 16.3 Å². The summed E-state index contributed by atoms with van der Waals surface area (Å²) in [7, 11) is 0. The third-order valence-electron chi connectivity index (χ3n) is 4.56. The first kappa shape index (κ1) is 17.1. The Balaban J connectivity index is 2.85. The molecule has 2 unspecified atom stereocenters. The average molecular weight is 301 g/mol. The second-order valence-electron chi connectivity index (χ2n) is 5.41. The van der Waals surface area contributed by atoms with Crippen LogP contribution in [0.2, 0.25) is 0 Å². The molecule has 0 bridgehead atoms. The summed E-state index contributed by atoms with van der Waals surface area (Å²) in [6.07, 6.45) is 7.68. The molecule has 5 nitrogen and oxygen atoms in total. The number of hydrogen-bond acceptors (Lipinski definition) is 4. The number of amidine groups is 1. The molecule has 0 radical (unpaired) electrons. The fourth-order valence-electron chi connectivity index (χ4n) is 3.00. The lowest BCUT2D eigenvalue weighted by Crippen LogP contribution is -2.54. The third kappa shape index (κ3) is 3.40. The standard InChI is InChI=1S/C14H27N3O2S/c1-4-14(5-2,12(15)17-19)13(18)16-10-8-6-7-9-11(10)20-3/h10-11,19H,4-9H2,1-3H3,(H2,15,17)(H,16,18). The van der Waals surface area contributed by atoms with Crippen LogP contribution >= 0.6 is 11.8 Å². The van der Waals surface area contributed by atoms with Gasteiger partial charge in [0.15, 0.2) is 5.84 Å². The summed E-state index contributed by atoms with van der Waals surface area (Å²) in [6, 6.07) is 0.190. The highest BCUT2D eigenvalue weighted by molar-refractivity contribution is 7.99. The van der Waals surface area contributed by atoms with Crippen LogP contribution in [0.3, 0.4) is 0 Å². The SMILES string of the molecule is CCC(CC)(C(=O)NC1CCCCC1SC)C(N)=NO. The molecule has 0 aromatic carbocycles. The van der Waals surface area contributed by atoms with Crippen LogP contribution in [-0.4, -0.2) is 34.5 Å². The van der Waals surface area contributed by atoms with Crippen LogP contribution < -0.4 is 11.1 Å². The molecule has 2 atom stereocenters. The molecule has 1 saturated carbocycles. The van der Waals surface area contributed by atoms with Gasteiger partial charge in [-0.05, 0) is 31.9 Å². The van der Waals surface area contributed by atoms with E-state index in [-0.39, 0.29) is 17.8 Å². The summed E-state index contributed by atoms with van der Waals surface area (Å²) < 4.78 is 0. The summed E-state index contributed by atoms with van der Waals surface area (Å²) in [5, 5.41) is 15.7. The largest absolute Gasteiger partial charge is 0.409 e. The van der Waals surface area contributed by atoms with Crippen molar-refractivity contribution in [3.8, 4) is 0 Å². The Labute approximate surface area is 125 Å². The second-order valence-corrected chi connectivity index (χ2v) is 6.49. The molecule has 1 aliphatic carbocycles. The Bertz CT molecular complexity index is 356. The highest BCUT2D eigenvalue weighted by atomic mass is 32.2. The zero-order valence-corrected chi connectivity index (χ0v) is 13.5. The summed E-state index contributed by atoms with van der Waals surface area (Å²) in [6.45, 7) is 3.79. The van der Waals surface area contributed by atoms with Gasteiger partial charge in [0.2, 0.25) is 5.91 Å². The molecular formula is C14H27N3O2S. The van der Waals surface area contributed by atoms with Crippen LogP contribution in [0, 0.1) is 5.41 Å². The minimum atomic E-state index is -0.894. The molecule has 0 heterocycles. The predicted octanol–water partition coefficient (Wildman–Crippen LogP) is 2.33. The molecule has 0 aromatic heterocycles. The molecule has 0 aromatic rings. The molecule has 0 aliphatic heterocycles. The van der Waals surface area contributed by atoms with Crippen molar-refractivity contribution >= 4 is 23.5 Å². The number of nitrogens with zero attached hydrogens (tertiary/aromatic N) is 1. The van der Waals surface area contributed by atoms with Gasteiger partial charge < -0.3 is 16.3 Å². The Kier molecular flexibility index (Phi) is 6.65. The van der Waals surface area contributed by atoms with Crippen LogP contribution in [-0.2, 0) is 4.79 Å². The first-order chi connectivity index (χ1) is 9.55. The Morgan fingerprint density at radius 1 is 1.40 bits per heavy atom. The lowest BCUT2D eigenvalue weighted by atomic mass is 9.79. The van der Waals surface area contributed by atoms with Gasteiger partial charge in [-0.1, -0.05) is 31.8 Å². The first-order valence-electron chi connectivity index (χ1n) is 7.37. The summed E-state index contributed by atoms with van der Waals surface area (Å²) in [5.74, 6) is -0.0970. The topological polar surface area (TPSA) is 87.7 Å². The van der Waals surface area contributed by atoms with Crippen LogP contribution in [0.25, 0.3) is 0 Å². The van der Waals surface area contributed by atoms with Crippen molar-refractivity contribution in [3.63, 3.8) is 0 Å². The van der Waals surface area contributed by atoms with Crippen LogP contribution in [0.1, 0.15) is 52.4 Å². The Morgan fingerprint density at radius 2 is 2.00 bits per heavy atom. The Morgan fingerprint density at radius 3 is 2.50 bits per heavy atom. The summed E-state index contributed by atoms with van der Waals surface area (Å²) >= 11 is 1.81. The molecule has 0 saturated heterocycles. The molecule has 116 valence electrons. The van der Waals surface area contributed by atoms with Crippen LogP contribution in [0.4, 0.5) is 0 Å². The van der Waals surface area contributed by atoms with Crippen molar-refractivity contribution in [2.45, 2.75) is 63.7 Å². The van der Waals surface area contributed by atoms with Gasteiger partial charge in [0, 0.05) is 11.3 Å². The number of amides is 1. The smallest absolute Gasteiger partial charge is 0.234 e. The van der Waals surface area contributed by atoms with Crippen LogP contribution in [0.5, 0.6) is 0 Å². The fourth-order valence-corrected chi connectivity index (χ4v) is 3.93. The molecule has 1 fully saturated rings. The lowest BCUT2D eigenvalue weighted by Gasteiger charge is -2.35. The molecule has 0 spiro atoms. The molecule has 4 N–H and O–H groups in total.